The Morgan fingerprint density at radius 3 is 1.46 bits per heavy atom. The van der Waals surface area contributed by atoms with Crippen molar-refractivity contribution in [1.29, 1.82) is 0 Å². The lowest BCUT2D eigenvalue weighted by atomic mass is 9.69. The molecule has 5 aromatic rings. The van der Waals surface area contributed by atoms with Crippen molar-refractivity contribution in [3.63, 3.8) is 0 Å². The lowest BCUT2D eigenvalue weighted by molar-refractivity contribution is -0.290. The first-order valence-corrected chi connectivity index (χ1v) is 23.0. The van der Waals surface area contributed by atoms with Crippen LogP contribution in [0, 0.1) is 26.7 Å². The van der Waals surface area contributed by atoms with E-state index in [1.165, 1.54) is 38.1 Å². The molecule has 0 radical (unpaired) electrons. The number of carbonyl (C=O) groups is 7. The number of hydrogen-bond donors (Lipinski definition) is 0. The molecular formula is C54H30F12N4O8. The van der Waals surface area contributed by atoms with Gasteiger partial charge in [-0.3, -0.25) is 38.5 Å². The molecule has 24 heteroatoms. The molecule has 1 unspecified atom stereocenters. The zero-order chi connectivity index (χ0) is 56.6. The number of carbonyl (C=O) groups excluding carboxylic acids is 7. The Hall–Kier alpha value is -8.83. The van der Waals surface area contributed by atoms with Crippen LogP contribution in [0.25, 0.3) is 0 Å². The largest absolute Gasteiger partial charge is 0.438 e. The minimum absolute atomic E-state index is 0.00373. The maximum atomic E-state index is 15.6. The van der Waals surface area contributed by atoms with Crippen molar-refractivity contribution in [2.24, 2.45) is 5.92 Å². The molecule has 7 amide bonds. The van der Waals surface area contributed by atoms with E-state index < -0.39 is 144 Å². The van der Waals surface area contributed by atoms with E-state index in [0.29, 0.717) is 80.9 Å². The topological polar surface area (TPSA) is 142 Å². The van der Waals surface area contributed by atoms with Gasteiger partial charge in [0.15, 0.2) is 5.75 Å². The lowest BCUT2D eigenvalue weighted by Crippen LogP contribution is -2.55. The smallest absolute Gasteiger partial charge is 0.411 e. The summed E-state index contributed by atoms with van der Waals surface area (Å²) in [5.41, 5.74) is -20.8. The molecule has 0 aromatic heterocycles. The summed E-state index contributed by atoms with van der Waals surface area (Å²) in [4.78, 5) is 97.8. The van der Waals surface area contributed by atoms with Gasteiger partial charge in [0, 0.05) is 18.2 Å². The number of halogens is 12. The highest BCUT2D eigenvalue weighted by atomic mass is 19.4. The molecule has 5 aliphatic heterocycles. The number of amides is 7. The molecule has 12 nitrogen and oxygen atoms in total. The van der Waals surface area contributed by atoms with Crippen LogP contribution in [-0.2, 0) is 15.6 Å². The van der Waals surface area contributed by atoms with Gasteiger partial charge >= 0.3 is 24.7 Å². The van der Waals surface area contributed by atoms with Gasteiger partial charge in [0.25, 0.3) is 35.4 Å². The summed E-state index contributed by atoms with van der Waals surface area (Å²) in [6.07, 6.45) is -23.4. The Morgan fingerprint density at radius 1 is 0.474 bits per heavy atom. The summed E-state index contributed by atoms with van der Waals surface area (Å²) in [7, 11) is 0.979. The fourth-order valence-electron chi connectivity index (χ4n) is 11.4. The zero-order valence-corrected chi connectivity index (χ0v) is 40.0. The summed E-state index contributed by atoms with van der Waals surface area (Å²) < 4.78 is 192. The van der Waals surface area contributed by atoms with Gasteiger partial charge in [0.1, 0.15) is 0 Å². The van der Waals surface area contributed by atoms with E-state index in [1.807, 2.05) is 0 Å². The number of ether oxygens (including phenoxy) is 1. The number of allylic oxidation sites excluding steroid dienone is 3. The normalized spacial score (nSPS) is 18.3. The molecule has 0 saturated heterocycles. The van der Waals surface area contributed by atoms with Crippen LogP contribution in [-0.4, -0.2) is 78.0 Å². The Kier molecular flexibility index (Phi) is 10.6. The maximum Gasteiger partial charge on any atom is 0.411 e. The van der Waals surface area contributed by atoms with E-state index in [1.54, 1.807) is 13.0 Å². The van der Waals surface area contributed by atoms with Gasteiger partial charge in [-0.15, -0.1) is 0 Å². The van der Waals surface area contributed by atoms with Crippen LogP contribution in [0.4, 0.5) is 69.7 Å². The van der Waals surface area contributed by atoms with Crippen LogP contribution >= 0.6 is 0 Å². The number of aryl methyl sites for hydroxylation is 2. The highest BCUT2D eigenvalue weighted by Gasteiger charge is 2.75. The summed E-state index contributed by atoms with van der Waals surface area (Å²) in [5.74, 6) is -10.9. The van der Waals surface area contributed by atoms with Crippen molar-refractivity contribution < 1.29 is 91.0 Å². The number of alkyl halides is 12. The zero-order valence-electron chi connectivity index (χ0n) is 40.0. The van der Waals surface area contributed by atoms with E-state index in [9.17, 15) is 33.6 Å². The number of fused-ring (bicyclic) bond motifs is 7. The van der Waals surface area contributed by atoms with Crippen LogP contribution in [0.15, 0.2) is 120 Å². The second-order valence-electron chi connectivity index (χ2n) is 19.2. The third-order valence-corrected chi connectivity index (χ3v) is 14.9. The van der Waals surface area contributed by atoms with E-state index in [4.69, 9.17) is 4.74 Å². The number of nitrogens with zero attached hydrogens (tertiary/aromatic N) is 4. The first-order chi connectivity index (χ1) is 36.3. The number of benzene rings is 5. The van der Waals surface area contributed by atoms with Gasteiger partial charge in [-0.05, 0) is 109 Å². The monoisotopic (exact) mass is 1090 g/mol. The Labute approximate surface area is 430 Å². The van der Waals surface area contributed by atoms with E-state index >= 15 is 52.7 Å². The molecule has 0 spiro atoms. The fraction of sp³-hybridized carbons (Fsp3) is 0.204. The second kappa shape index (κ2) is 16.1. The Balaban J connectivity index is 0.967. The average Bonchev–Trinajstić information content (AvgIpc) is 4.09. The molecular weight excluding hydrogens is 1060 g/mol. The number of imide groups is 3. The molecule has 1 aliphatic carbocycles. The van der Waals surface area contributed by atoms with Crippen molar-refractivity contribution in [2.75, 3.05) is 21.7 Å². The minimum Gasteiger partial charge on any atom is -0.438 e. The standard InChI is InChI=1S/C54H30F12N4O8/c1-22-6-5-7-29(16-22)68-43(73)31-13-9-26(19-35(31)45(68)75)50(53(61,62)63,54(64,65)66)27-10-14-32-36(20-27)46(76)69(44(32)74)39-23(2)17-38-40(24(39)3)70-47(77)37-21-28(11-15-33(37)48(70)78-38)49(51(55,56)57,52(58,59)60)25-8-12-30-34(18-25)42(72)67(4)41(30)71/h5-21,37H,1-4H3. The molecule has 0 bridgehead atoms. The third-order valence-electron chi connectivity index (χ3n) is 14.9. The van der Waals surface area contributed by atoms with Crippen LogP contribution in [0.2, 0.25) is 0 Å². The molecule has 5 aromatic carbocycles. The molecule has 398 valence electrons. The lowest BCUT2D eigenvalue weighted by Gasteiger charge is -2.40. The molecule has 0 N–H and O–H groups in total. The average molecular weight is 1090 g/mol. The van der Waals surface area contributed by atoms with Gasteiger partial charge in [0.05, 0.1) is 56.4 Å². The van der Waals surface area contributed by atoms with Crippen molar-refractivity contribution in [3.05, 3.63) is 187 Å². The van der Waals surface area contributed by atoms with Crippen LogP contribution < -0.4 is 19.4 Å². The maximum absolute atomic E-state index is 15.6. The van der Waals surface area contributed by atoms with Gasteiger partial charge in [-0.25, -0.2) is 14.7 Å². The van der Waals surface area contributed by atoms with E-state index in [0.717, 1.165) is 18.0 Å². The van der Waals surface area contributed by atoms with Gasteiger partial charge < -0.3 is 4.74 Å². The van der Waals surface area contributed by atoms with Crippen molar-refractivity contribution in [3.8, 4) is 5.75 Å². The van der Waals surface area contributed by atoms with Crippen LogP contribution in [0.5, 0.6) is 5.75 Å². The van der Waals surface area contributed by atoms with Crippen LogP contribution in [0.3, 0.4) is 0 Å². The Morgan fingerprint density at radius 2 is 0.936 bits per heavy atom. The third kappa shape index (κ3) is 6.47. The summed E-state index contributed by atoms with van der Waals surface area (Å²) >= 11 is 0. The van der Waals surface area contributed by atoms with Crippen LogP contribution in [0.1, 0.15) is 95.5 Å². The predicted octanol–water partition coefficient (Wildman–Crippen LogP) is 11.0. The minimum atomic E-state index is -6.30. The van der Waals surface area contributed by atoms with Crippen molar-refractivity contribution >= 4 is 58.4 Å². The number of hydrogen-bond acceptors (Lipinski definition) is 8. The van der Waals surface area contributed by atoms with Gasteiger partial charge in [-0.1, -0.05) is 48.6 Å². The van der Waals surface area contributed by atoms with Crippen molar-refractivity contribution in [1.82, 2.24) is 4.90 Å². The quantitative estimate of drug-likeness (QED) is 0.121. The van der Waals surface area contributed by atoms with Gasteiger partial charge in [-0.2, -0.15) is 52.7 Å². The molecule has 6 aliphatic rings. The SMILES string of the molecule is Cc1cccc(N2C(=O)c3ccc(C(c4ccc5c(c4)C(=O)N(c4c(C)cc6c(c4C)N4C(=O)C7C=C(C(c8ccc9c(c8)C(=O)N(C)C9=O)(C(F)(F)F)C(F)(F)F)C=CC7=C4O6)C5=O)(C(F)(F)F)C(F)(F)F)cc3C2=O)c1. The highest BCUT2D eigenvalue weighted by molar-refractivity contribution is 6.36. The fourth-order valence-corrected chi connectivity index (χ4v) is 11.4. The van der Waals surface area contributed by atoms with E-state index in [2.05, 4.69) is 0 Å². The Bertz CT molecular complexity index is 3780. The summed E-state index contributed by atoms with van der Waals surface area (Å²) in [5, 5.41) is 0. The van der Waals surface area contributed by atoms with E-state index in [-0.39, 0.29) is 45.6 Å². The first kappa shape index (κ1) is 51.3. The number of rotatable bonds is 6. The highest BCUT2D eigenvalue weighted by Crippen LogP contribution is 2.61. The predicted molar refractivity (Wildman–Crippen MR) is 248 cm³/mol. The van der Waals surface area contributed by atoms with Crippen molar-refractivity contribution in [2.45, 2.75) is 56.3 Å². The van der Waals surface area contributed by atoms with Gasteiger partial charge in [0.2, 0.25) is 22.6 Å². The molecule has 5 heterocycles. The molecule has 1 atom stereocenters. The second-order valence-corrected chi connectivity index (χ2v) is 19.2. The molecule has 11 rings (SSSR count). The molecule has 0 fully saturated rings. The molecule has 78 heavy (non-hydrogen) atoms. The summed E-state index contributed by atoms with van der Waals surface area (Å²) in [6, 6.07) is 10.8. The summed E-state index contributed by atoms with van der Waals surface area (Å²) in [6.45, 7) is 4.14. The molecule has 0 saturated carbocycles. The first-order valence-electron chi connectivity index (χ1n) is 23.0. The number of anilines is 3.